The number of benzene rings is 2. The third kappa shape index (κ3) is 4.15. The first-order valence-electron chi connectivity index (χ1n) is 8.52. The minimum absolute atomic E-state index is 0.173. The number of hydrogen-bond acceptors (Lipinski definition) is 4. The van der Waals surface area contributed by atoms with E-state index in [9.17, 15) is 0 Å². The van der Waals surface area contributed by atoms with Crippen LogP contribution in [-0.4, -0.2) is 9.97 Å². The standard InChI is InChI=1S/C21H24N4/c1-14-12-15(2)20(16(3)13-14)25-21-22-11-10-19(24-21)23-17(4)18-8-6-5-7-9-18/h5-13,17H,1-4H3,(H2,22,23,24,25). The van der Waals surface area contributed by atoms with Gasteiger partial charge in [-0.25, -0.2) is 4.98 Å². The van der Waals surface area contributed by atoms with E-state index in [1.807, 2.05) is 24.3 Å². The van der Waals surface area contributed by atoms with Gasteiger partial charge in [-0.1, -0.05) is 48.0 Å². The van der Waals surface area contributed by atoms with E-state index >= 15 is 0 Å². The normalized spacial score (nSPS) is 11.8. The molecule has 0 saturated heterocycles. The van der Waals surface area contributed by atoms with Gasteiger partial charge < -0.3 is 10.6 Å². The van der Waals surface area contributed by atoms with Crippen LogP contribution in [0.3, 0.4) is 0 Å². The monoisotopic (exact) mass is 332 g/mol. The molecule has 2 aromatic carbocycles. The lowest BCUT2D eigenvalue weighted by atomic mass is 10.1. The van der Waals surface area contributed by atoms with E-state index in [0.29, 0.717) is 5.95 Å². The molecule has 1 atom stereocenters. The number of hydrogen-bond donors (Lipinski definition) is 2. The second kappa shape index (κ2) is 7.34. The summed E-state index contributed by atoms with van der Waals surface area (Å²) in [5.41, 5.74) is 5.93. The van der Waals surface area contributed by atoms with Crippen molar-refractivity contribution < 1.29 is 0 Å². The lowest BCUT2D eigenvalue weighted by Gasteiger charge is -2.16. The van der Waals surface area contributed by atoms with Crippen molar-refractivity contribution in [2.24, 2.45) is 0 Å². The molecule has 25 heavy (non-hydrogen) atoms. The van der Waals surface area contributed by atoms with Crippen LogP contribution < -0.4 is 10.6 Å². The Hall–Kier alpha value is -2.88. The second-order valence-corrected chi connectivity index (χ2v) is 6.44. The maximum absolute atomic E-state index is 4.60. The average Bonchev–Trinajstić information content (AvgIpc) is 2.59. The van der Waals surface area contributed by atoms with Crippen molar-refractivity contribution in [3.63, 3.8) is 0 Å². The van der Waals surface area contributed by atoms with Gasteiger partial charge in [0.2, 0.25) is 5.95 Å². The van der Waals surface area contributed by atoms with Gasteiger partial charge in [-0.3, -0.25) is 0 Å². The van der Waals surface area contributed by atoms with Crippen LogP contribution in [0.5, 0.6) is 0 Å². The largest absolute Gasteiger partial charge is 0.363 e. The lowest BCUT2D eigenvalue weighted by Crippen LogP contribution is -2.09. The van der Waals surface area contributed by atoms with E-state index in [-0.39, 0.29) is 6.04 Å². The molecule has 1 unspecified atom stereocenters. The van der Waals surface area contributed by atoms with Gasteiger partial charge in [0.25, 0.3) is 0 Å². The summed E-state index contributed by atoms with van der Waals surface area (Å²) >= 11 is 0. The maximum Gasteiger partial charge on any atom is 0.229 e. The van der Waals surface area contributed by atoms with Crippen molar-refractivity contribution in [1.82, 2.24) is 9.97 Å². The van der Waals surface area contributed by atoms with Gasteiger partial charge >= 0.3 is 0 Å². The predicted octanol–water partition coefficient (Wildman–Crippen LogP) is 5.32. The molecule has 0 radical (unpaired) electrons. The Kier molecular flexibility index (Phi) is 4.98. The summed E-state index contributed by atoms with van der Waals surface area (Å²) in [7, 11) is 0. The zero-order valence-corrected chi connectivity index (χ0v) is 15.2. The van der Waals surface area contributed by atoms with Crippen molar-refractivity contribution in [3.8, 4) is 0 Å². The molecule has 2 N–H and O–H groups in total. The average molecular weight is 332 g/mol. The molecule has 0 fully saturated rings. The smallest absolute Gasteiger partial charge is 0.229 e. The fourth-order valence-electron chi connectivity index (χ4n) is 3.04. The highest BCUT2D eigenvalue weighted by Crippen LogP contribution is 2.25. The van der Waals surface area contributed by atoms with Crippen LogP contribution in [0.2, 0.25) is 0 Å². The fraction of sp³-hybridized carbons (Fsp3) is 0.238. The van der Waals surface area contributed by atoms with Crippen LogP contribution in [-0.2, 0) is 0 Å². The zero-order chi connectivity index (χ0) is 17.8. The lowest BCUT2D eigenvalue weighted by molar-refractivity contribution is 0.873. The van der Waals surface area contributed by atoms with Crippen LogP contribution in [0.4, 0.5) is 17.5 Å². The first-order valence-corrected chi connectivity index (χ1v) is 8.52. The highest BCUT2D eigenvalue weighted by atomic mass is 15.1. The van der Waals surface area contributed by atoms with Gasteiger partial charge in [-0.15, -0.1) is 0 Å². The molecule has 1 aromatic heterocycles. The van der Waals surface area contributed by atoms with Crippen molar-refractivity contribution in [3.05, 3.63) is 77.0 Å². The zero-order valence-electron chi connectivity index (χ0n) is 15.2. The van der Waals surface area contributed by atoms with Crippen molar-refractivity contribution in [1.29, 1.82) is 0 Å². The van der Waals surface area contributed by atoms with Crippen LogP contribution in [0, 0.1) is 20.8 Å². The summed E-state index contributed by atoms with van der Waals surface area (Å²) in [6, 6.07) is 16.7. The van der Waals surface area contributed by atoms with Crippen LogP contribution >= 0.6 is 0 Å². The molecule has 0 bridgehead atoms. The molecule has 3 aromatic rings. The van der Waals surface area contributed by atoms with E-state index in [1.54, 1.807) is 6.20 Å². The van der Waals surface area contributed by atoms with Crippen molar-refractivity contribution in [2.75, 3.05) is 10.6 Å². The minimum atomic E-state index is 0.173. The first-order chi connectivity index (χ1) is 12.0. The summed E-state index contributed by atoms with van der Waals surface area (Å²) in [5.74, 6) is 1.40. The van der Waals surface area contributed by atoms with Gasteiger partial charge in [0.05, 0.1) is 0 Å². The van der Waals surface area contributed by atoms with Crippen LogP contribution in [0.1, 0.15) is 35.2 Å². The molecule has 0 aliphatic heterocycles. The number of nitrogens with zero attached hydrogens (tertiary/aromatic N) is 2. The Morgan fingerprint density at radius 2 is 1.60 bits per heavy atom. The van der Waals surface area contributed by atoms with Gasteiger partial charge in [-0.05, 0) is 50.5 Å². The Morgan fingerprint density at radius 1 is 0.920 bits per heavy atom. The Bertz CT molecular complexity index is 836. The number of nitrogens with one attached hydrogen (secondary N) is 2. The first kappa shape index (κ1) is 17.0. The Morgan fingerprint density at radius 3 is 2.28 bits per heavy atom. The highest BCUT2D eigenvalue weighted by molar-refractivity contribution is 5.64. The van der Waals surface area contributed by atoms with Crippen molar-refractivity contribution >= 4 is 17.5 Å². The van der Waals surface area contributed by atoms with Gasteiger partial charge in [0.15, 0.2) is 0 Å². The van der Waals surface area contributed by atoms with Crippen LogP contribution in [0.15, 0.2) is 54.7 Å². The minimum Gasteiger partial charge on any atom is -0.363 e. The molecule has 1 heterocycles. The summed E-state index contributed by atoms with van der Waals surface area (Å²) < 4.78 is 0. The highest BCUT2D eigenvalue weighted by Gasteiger charge is 2.09. The molecule has 0 amide bonds. The quantitative estimate of drug-likeness (QED) is 0.664. The summed E-state index contributed by atoms with van der Waals surface area (Å²) in [5, 5.41) is 6.79. The summed E-state index contributed by atoms with van der Waals surface area (Å²) in [6.45, 7) is 8.43. The van der Waals surface area contributed by atoms with Gasteiger partial charge in [0, 0.05) is 17.9 Å². The number of aryl methyl sites for hydroxylation is 3. The molecule has 4 heteroatoms. The molecule has 0 saturated carbocycles. The molecule has 4 nitrogen and oxygen atoms in total. The molecule has 128 valence electrons. The molecule has 0 spiro atoms. The van der Waals surface area contributed by atoms with Gasteiger partial charge in [0.1, 0.15) is 5.82 Å². The maximum atomic E-state index is 4.60. The molecular formula is C21H24N4. The molecule has 0 aliphatic rings. The predicted molar refractivity (Wildman–Crippen MR) is 104 cm³/mol. The second-order valence-electron chi connectivity index (χ2n) is 6.44. The molecular weight excluding hydrogens is 308 g/mol. The molecule has 0 aliphatic carbocycles. The number of aromatic nitrogens is 2. The fourth-order valence-corrected chi connectivity index (χ4v) is 3.04. The van der Waals surface area contributed by atoms with Crippen LogP contribution in [0.25, 0.3) is 0 Å². The Labute approximate surface area is 149 Å². The van der Waals surface area contributed by atoms with E-state index < -0.39 is 0 Å². The summed E-state index contributed by atoms with van der Waals surface area (Å²) in [4.78, 5) is 8.96. The molecule has 3 rings (SSSR count). The van der Waals surface area contributed by atoms with E-state index in [4.69, 9.17) is 0 Å². The third-order valence-electron chi connectivity index (χ3n) is 4.23. The van der Waals surface area contributed by atoms with E-state index in [1.165, 1.54) is 22.3 Å². The summed E-state index contributed by atoms with van der Waals surface area (Å²) in [6.07, 6.45) is 1.77. The van der Waals surface area contributed by atoms with Crippen molar-refractivity contribution in [2.45, 2.75) is 33.7 Å². The third-order valence-corrected chi connectivity index (χ3v) is 4.23. The van der Waals surface area contributed by atoms with Gasteiger partial charge in [-0.2, -0.15) is 4.98 Å². The number of rotatable bonds is 5. The van der Waals surface area contributed by atoms with E-state index in [2.05, 4.69) is 72.6 Å². The number of anilines is 3. The topological polar surface area (TPSA) is 49.8 Å². The SMILES string of the molecule is Cc1cc(C)c(Nc2nccc(NC(C)c3ccccc3)n2)c(C)c1. The Balaban J connectivity index is 1.78. The van der Waals surface area contributed by atoms with E-state index in [0.717, 1.165) is 11.5 Å².